The molecule has 5 rings (SSSR count). The van der Waals surface area contributed by atoms with E-state index >= 15 is 0 Å². The van der Waals surface area contributed by atoms with Gasteiger partial charge >= 0.3 is 0 Å². The topological polar surface area (TPSA) is 50.4 Å². The van der Waals surface area contributed by atoms with E-state index in [0.29, 0.717) is 18.3 Å². The number of allylic oxidation sites excluding steroid dienone is 4. The molecule has 3 heteroatoms. The summed E-state index contributed by atoms with van der Waals surface area (Å²) in [6.45, 7) is 10.6. The molecule has 0 bridgehead atoms. The van der Waals surface area contributed by atoms with Crippen molar-refractivity contribution in [1.29, 1.82) is 0 Å². The summed E-state index contributed by atoms with van der Waals surface area (Å²) in [7, 11) is 0. The summed E-state index contributed by atoms with van der Waals surface area (Å²) in [4.78, 5) is 12.3. The first-order valence-electron chi connectivity index (χ1n) is 11.1. The minimum absolute atomic E-state index is 0.0348. The Balaban J connectivity index is 1.69. The van der Waals surface area contributed by atoms with Crippen LogP contribution < -0.4 is 0 Å². The van der Waals surface area contributed by atoms with Gasteiger partial charge in [-0.15, -0.1) is 6.58 Å². The molecule has 0 radical (unpaired) electrons. The van der Waals surface area contributed by atoms with Crippen LogP contribution in [-0.4, -0.2) is 16.5 Å². The predicted octanol–water partition coefficient (Wildman–Crippen LogP) is 5.65. The summed E-state index contributed by atoms with van der Waals surface area (Å²) in [5.41, 5.74) is 1.70. The molecule has 3 nitrogen and oxygen atoms in total. The van der Waals surface area contributed by atoms with Crippen LogP contribution in [0.4, 0.5) is 0 Å². The molecule has 6 atom stereocenters. The number of hydrogen-bond acceptors (Lipinski definition) is 3. The van der Waals surface area contributed by atoms with E-state index < -0.39 is 5.60 Å². The van der Waals surface area contributed by atoms with Crippen molar-refractivity contribution >= 4 is 5.78 Å². The van der Waals surface area contributed by atoms with Crippen LogP contribution in [0, 0.1) is 29.6 Å². The highest BCUT2D eigenvalue weighted by Crippen LogP contribution is 2.68. The van der Waals surface area contributed by atoms with E-state index in [9.17, 15) is 9.90 Å². The maximum atomic E-state index is 12.3. The summed E-state index contributed by atoms with van der Waals surface area (Å²) >= 11 is 0. The SMILES string of the molecule is C=C[C@]1(O)CCC2C3C(=CCC21C)[C@@]1(C)CCC(=O)C=C1C[C@H]3c1ccc(C)o1. The minimum atomic E-state index is -0.817. The van der Waals surface area contributed by atoms with Crippen molar-refractivity contribution in [2.45, 2.75) is 70.8 Å². The molecule has 3 unspecified atom stereocenters. The maximum Gasteiger partial charge on any atom is 0.155 e. The van der Waals surface area contributed by atoms with E-state index in [1.165, 1.54) is 11.1 Å². The average molecular weight is 393 g/mol. The van der Waals surface area contributed by atoms with Crippen molar-refractivity contribution in [2.24, 2.45) is 22.7 Å². The number of carbonyl (C=O) groups is 1. The Morgan fingerprint density at radius 1 is 1.28 bits per heavy atom. The number of hydrogen-bond donors (Lipinski definition) is 1. The van der Waals surface area contributed by atoms with E-state index in [2.05, 4.69) is 32.6 Å². The van der Waals surface area contributed by atoms with Gasteiger partial charge in [0, 0.05) is 23.2 Å². The van der Waals surface area contributed by atoms with Gasteiger partial charge in [-0.05, 0) is 69.1 Å². The van der Waals surface area contributed by atoms with Gasteiger partial charge in [-0.2, -0.15) is 0 Å². The van der Waals surface area contributed by atoms with Gasteiger partial charge in [0.1, 0.15) is 11.5 Å². The van der Waals surface area contributed by atoms with E-state index in [4.69, 9.17) is 4.42 Å². The molecule has 2 fully saturated rings. The quantitative estimate of drug-likeness (QED) is 0.662. The van der Waals surface area contributed by atoms with Gasteiger partial charge in [-0.3, -0.25) is 4.79 Å². The Morgan fingerprint density at radius 3 is 2.76 bits per heavy atom. The molecular weight excluding hydrogens is 360 g/mol. The fourth-order valence-corrected chi connectivity index (χ4v) is 7.17. The molecule has 0 spiro atoms. The highest BCUT2D eigenvalue weighted by atomic mass is 16.3. The standard InChI is InChI=1S/C26H32O3/c1-5-26(28)13-10-21-23-19(22-7-6-16(2)29-22)15-17-14-18(27)8-11-24(17,3)20(23)9-12-25(21,26)4/h5-7,9,14,19,21,23,28H,1,8,10-13,15H2,2-4H3/t19-,21?,23?,24-,25?,26-/m0/s1. The summed E-state index contributed by atoms with van der Waals surface area (Å²) < 4.78 is 6.15. The molecule has 4 aliphatic carbocycles. The lowest BCUT2D eigenvalue weighted by Gasteiger charge is -2.56. The second-order valence-electron chi connectivity index (χ2n) is 10.3. The van der Waals surface area contributed by atoms with Gasteiger partial charge in [0.05, 0.1) is 5.60 Å². The molecule has 0 amide bonds. The first-order valence-corrected chi connectivity index (χ1v) is 11.1. The number of rotatable bonds is 2. The number of aryl methyl sites for hydroxylation is 1. The fourth-order valence-electron chi connectivity index (χ4n) is 7.17. The van der Waals surface area contributed by atoms with Crippen LogP contribution in [0.15, 0.2) is 52.5 Å². The maximum absolute atomic E-state index is 12.3. The average Bonchev–Trinajstić information content (AvgIpc) is 3.23. The van der Waals surface area contributed by atoms with E-state index in [1.54, 1.807) is 6.08 Å². The van der Waals surface area contributed by atoms with Crippen molar-refractivity contribution in [1.82, 2.24) is 0 Å². The summed E-state index contributed by atoms with van der Waals surface area (Å²) in [5.74, 6) is 3.16. The van der Waals surface area contributed by atoms with E-state index in [-0.39, 0.29) is 22.5 Å². The molecule has 1 heterocycles. The van der Waals surface area contributed by atoms with Crippen LogP contribution in [0.2, 0.25) is 0 Å². The zero-order valence-corrected chi connectivity index (χ0v) is 17.8. The fraction of sp³-hybridized carbons (Fsp3) is 0.577. The summed E-state index contributed by atoms with van der Waals surface area (Å²) in [5, 5.41) is 11.4. The highest BCUT2D eigenvalue weighted by Gasteiger charge is 2.62. The van der Waals surface area contributed by atoms with Crippen LogP contribution >= 0.6 is 0 Å². The zero-order valence-electron chi connectivity index (χ0n) is 17.8. The Hall–Kier alpha value is -1.87. The summed E-state index contributed by atoms with van der Waals surface area (Å²) in [6.07, 6.45) is 11.2. The van der Waals surface area contributed by atoms with Crippen molar-refractivity contribution in [2.75, 3.05) is 0 Å². The molecule has 0 aliphatic heterocycles. The molecule has 1 N–H and O–H groups in total. The lowest BCUT2D eigenvalue weighted by Crippen LogP contribution is -2.51. The van der Waals surface area contributed by atoms with Gasteiger partial charge in [0.15, 0.2) is 5.78 Å². The van der Waals surface area contributed by atoms with Crippen molar-refractivity contribution in [3.63, 3.8) is 0 Å². The third-order valence-electron chi connectivity index (χ3n) is 9.07. The first-order chi connectivity index (χ1) is 13.7. The summed E-state index contributed by atoms with van der Waals surface area (Å²) in [6, 6.07) is 4.16. The van der Waals surface area contributed by atoms with Crippen LogP contribution in [-0.2, 0) is 4.79 Å². The molecule has 0 aromatic carbocycles. The van der Waals surface area contributed by atoms with Crippen LogP contribution in [0.1, 0.15) is 69.8 Å². The lowest BCUT2D eigenvalue weighted by molar-refractivity contribution is -0.115. The molecule has 2 saturated carbocycles. The van der Waals surface area contributed by atoms with Crippen molar-refractivity contribution in [3.05, 3.63) is 59.6 Å². The number of furan rings is 1. The molecule has 1 aromatic heterocycles. The van der Waals surface area contributed by atoms with Gasteiger partial charge in [0.25, 0.3) is 0 Å². The molecular formula is C26H32O3. The minimum Gasteiger partial charge on any atom is -0.466 e. The number of fused-ring (bicyclic) bond motifs is 5. The Bertz CT molecular complexity index is 949. The first kappa shape index (κ1) is 19.1. The van der Waals surface area contributed by atoms with Gasteiger partial charge < -0.3 is 9.52 Å². The van der Waals surface area contributed by atoms with E-state index in [1.807, 2.05) is 19.1 Å². The molecule has 0 saturated heterocycles. The smallest absolute Gasteiger partial charge is 0.155 e. The third-order valence-corrected chi connectivity index (χ3v) is 9.07. The second kappa shape index (κ2) is 6.07. The van der Waals surface area contributed by atoms with Crippen molar-refractivity contribution in [3.8, 4) is 0 Å². The van der Waals surface area contributed by atoms with Gasteiger partial charge in [-0.1, -0.05) is 37.1 Å². The Labute approximate surface area is 173 Å². The largest absolute Gasteiger partial charge is 0.466 e. The van der Waals surface area contributed by atoms with Crippen molar-refractivity contribution < 1.29 is 14.3 Å². The molecule has 154 valence electrons. The molecule has 1 aromatic rings. The van der Waals surface area contributed by atoms with Gasteiger partial charge in [-0.25, -0.2) is 0 Å². The van der Waals surface area contributed by atoms with Crippen LogP contribution in [0.25, 0.3) is 0 Å². The third kappa shape index (κ3) is 2.43. The van der Waals surface area contributed by atoms with Gasteiger partial charge in [0.2, 0.25) is 0 Å². The van der Waals surface area contributed by atoms with Crippen LogP contribution in [0.3, 0.4) is 0 Å². The number of carbonyl (C=O) groups excluding carboxylic acids is 1. The highest BCUT2D eigenvalue weighted by molar-refractivity contribution is 5.92. The normalized spacial score (nSPS) is 43.7. The molecule has 4 aliphatic rings. The number of ketones is 1. The second-order valence-corrected chi connectivity index (χ2v) is 10.3. The number of aliphatic hydroxyl groups is 1. The Kier molecular flexibility index (Phi) is 4.00. The Morgan fingerprint density at radius 2 is 2.07 bits per heavy atom. The monoisotopic (exact) mass is 392 g/mol. The van der Waals surface area contributed by atoms with E-state index in [0.717, 1.165) is 43.6 Å². The zero-order chi connectivity index (χ0) is 20.6. The predicted molar refractivity (Wildman–Crippen MR) is 113 cm³/mol. The lowest BCUT2D eigenvalue weighted by atomic mass is 9.48. The van der Waals surface area contributed by atoms with Crippen LogP contribution in [0.5, 0.6) is 0 Å². The molecule has 29 heavy (non-hydrogen) atoms.